The number of aliphatic hydroxyl groups is 1. The Balaban J connectivity index is 2.52. The monoisotopic (exact) mass is 264 g/mol. The van der Waals surface area contributed by atoms with Crippen LogP contribution >= 0.6 is 15.9 Å². The van der Waals surface area contributed by atoms with E-state index in [0.29, 0.717) is 0 Å². The smallest absolute Gasteiger partial charge is 0.0787 e. The highest BCUT2D eigenvalue weighted by Gasteiger charge is 2.05. The molecule has 0 aliphatic heterocycles. The van der Waals surface area contributed by atoms with Gasteiger partial charge in [0.05, 0.1) is 6.10 Å². The Labute approximate surface area is 97.9 Å². The van der Waals surface area contributed by atoms with Crippen LogP contribution in [0.2, 0.25) is 0 Å². The van der Waals surface area contributed by atoms with Crippen LogP contribution in [-0.4, -0.2) is 5.11 Å². The van der Waals surface area contributed by atoms with Crippen LogP contribution in [0.15, 0.2) is 40.9 Å². The van der Waals surface area contributed by atoms with Crippen LogP contribution in [0.4, 0.5) is 0 Å². The third kappa shape index (κ3) is 2.21. The predicted octanol–water partition coefficient (Wildman–Crippen LogP) is 4.05. The van der Waals surface area contributed by atoms with E-state index in [0.717, 1.165) is 16.5 Å². The summed E-state index contributed by atoms with van der Waals surface area (Å²) in [6.07, 6.45) is 0.403. The van der Waals surface area contributed by atoms with Crippen molar-refractivity contribution >= 4 is 26.7 Å². The lowest BCUT2D eigenvalue weighted by molar-refractivity contribution is 0.174. The molecule has 0 heterocycles. The third-order valence-corrected chi connectivity index (χ3v) is 3.09. The molecule has 0 saturated carbocycles. The highest BCUT2D eigenvalue weighted by atomic mass is 79.9. The fourth-order valence-electron chi connectivity index (χ4n) is 1.68. The molecule has 2 heteroatoms. The van der Waals surface area contributed by atoms with Gasteiger partial charge in [0.2, 0.25) is 0 Å². The third-order valence-electron chi connectivity index (χ3n) is 2.60. The molecule has 78 valence electrons. The van der Waals surface area contributed by atoms with Crippen molar-refractivity contribution in [1.82, 2.24) is 0 Å². The van der Waals surface area contributed by atoms with E-state index in [9.17, 15) is 5.11 Å². The summed E-state index contributed by atoms with van der Waals surface area (Å²) >= 11 is 3.44. The molecule has 15 heavy (non-hydrogen) atoms. The molecule has 2 rings (SSSR count). The van der Waals surface area contributed by atoms with Gasteiger partial charge in [-0.05, 0) is 41.0 Å². The Hall–Kier alpha value is -0.860. The normalized spacial score (nSPS) is 13.0. The Morgan fingerprint density at radius 2 is 1.80 bits per heavy atom. The number of fused-ring (bicyclic) bond motifs is 1. The summed E-state index contributed by atoms with van der Waals surface area (Å²) < 4.78 is 1.08. The second kappa shape index (κ2) is 4.33. The van der Waals surface area contributed by atoms with Gasteiger partial charge >= 0.3 is 0 Å². The van der Waals surface area contributed by atoms with E-state index >= 15 is 0 Å². The molecular weight excluding hydrogens is 252 g/mol. The van der Waals surface area contributed by atoms with E-state index < -0.39 is 0 Å². The molecule has 0 amide bonds. The standard InChI is InChI=1S/C13H13BrO/c1-2-13(15)11-4-3-10-8-12(14)6-5-9(10)7-11/h3-8,13,15H,2H2,1H3. The first-order valence-electron chi connectivity index (χ1n) is 5.08. The van der Waals surface area contributed by atoms with Crippen molar-refractivity contribution in [3.63, 3.8) is 0 Å². The molecule has 0 spiro atoms. The number of benzene rings is 2. The fraction of sp³-hybridized carbons (Fsp3) is 0.231. The van der Waals surface area contributed by atoms with Crippen molar-refractivity contribution in [2.75, 3.05) is 0 Å². The van der Waals surface area contributed by atoms with E-state index in [-0.39, 0.29) is 6.10 Å². The minimum Gasteiger partial charge on any atom is -0.388 e. The number of hydrogen-bond acceptors (Lipinski definition) is 1. The van der Waals surface area contributed by atoms with Gasteiger partial charge in [0.15, 0.2) is 0 Å². The minimum absolute atomic E-state index is 0.349. The average molecular weight is 265 g/mol. The van der Waals surface area contributed by atoms with Gasteiger partial charge in [0.1, 0.15) is 0 Å². The average Bonchev–Trinajstić information content (AvgIpc) is 2.27. The molecule has 1 unspecified atom stereocenters. The van der Waals surface area contributed by atoms with Gasteiger partial charge in [-0.1, -0.05) is 41.1 Å². The van der Waals surface area contributed by atoms with Crippen LogP contribution in [0, 0.1) is 0 Å². The van der Waals surface area contributed by atoms with E-state index in [4.69, 9.17) is 0 Å². The maximum atomic E-state index is 9.73. The summed E-state index contributed by atoms with van der Waals surface area (Å²) in [5.41, 5.74) is 0.993. The molecule has 0 radical (unpaired) electrons. The van der Waals surface area contributed by atoms with Gasteiger partial charge in [-0.15, -0.1) is 0 Å². The van der Waals surface area contributed by atoms with E-state index in [1.807, 2.05) is 25.1 Å². The Morgan fingerprint density at radius 3 is 2.53 bits per heavy atom. The Kier molecular flexibility index (Phi) is 3.08. The number of aliphatic hydroxyl groups excluding tert-OH is 1. The van der Waals surface area contributed by atoms with Gasteiger partial charge in [-0.3, -0.25) is 0 Å². The van der Waals surface area contributed by atoms with Gasteiger partial charge in [0, 0.05) is 4.47 Å². The van der Waals surface area contributed by atoms with Crippen molar-refractivity contribution in [2.24, 2.45) is 0 Å². The largest absolute Gasteiger partial charge is 0.388 e. The molecule has 2 aromatic carbocycles. The van der Waals surface area contributed by atoms with Crippen molar-refractivity contribution in [3.05, 3.63) is 46.4 Å². The van der Waals surface area contributed by atoms with Crippen molar-refractivity contribution in [1.29, 1.82) is 0 Å². The summed E-state index contributed by atoms with van der Waals surface area (Å²) in [5, 5.41) is 12.1. The first-order valence-corrected chi connectivity index (χ1v) is 5.87. The summed E-state index contributed by atoms with van der Waals surface area (Å²) in [4.78, 5) is 0. The second-order valence-electron chi connectivity index (χ2n) is 3.67. The highest BCUT2D eigenvalue weighted by Crippen LogP contribution is 2.24. The van der Waals surface area contributed by atoms with Crippen LogP contribution < -0.4 is 0 Å². The van der Waals surface area contributed by atoms with Crippen LogP contribution in [-0.2, 0) is 0 Å². The molecule has 0 aromatic heterocycles. The van der Waals surface area contributed by atoms with Gasteiger partial charge in [-0.2, -0.15) is 0 Å². The lowest BCUT2D eigenvalue weighted by atomic mass is 10.0. The summed E-state index contributed by atoms with van der Waals surface area (Å²) in [5.74, 6) is 0. The highest BCUT2D eigenvalue weighted by molar-refractivity contribution is 9.10. The van der Waals surface area contributed by atoms with Gasteiger partial charge < -0.3 is 5.11 Å². The SMILES string of the molecule is CCC(O)c1ccc2cc(Br)ccc2c1. The molecular formula is C13H13BrO. The zero-order valence-corrected chi connectivity index (χ0v) is 10.2. The summed E-state index contributed by atoms with van der Waals surface area (Å²) in [6, 6.07) is 12.3. The van der Waals surface area contributed by atoms with Crippen LogP contribution in [0.25, 0.3) is 10.8 Å². The van der Waals surface area contributed by atoms with Crippen LogP contribution in [0.5, 0.6) is 0 Å². The van der Waals surface area contributed by atoms with Crippen LogP contribution in [0.1, 0.15) is 25.0 Å². The van der Waals surface area contributed by atoms with Crippen molar-refractivity contribution in [2.45, 2.75) is 19.4 Å². The number of hydrogen-bond donors (Lipinski definition) is 1. The van der Waals surface area contributed by atoms with E-state index in [1.54, 1.807) is 0 Å². The van der Waals surface area contributed by atoms with Crippen LogP contribution in [0.3, 0.4) is 0 Å². The van der Waals surface area contributed by atoms with Crippen molar-refractivity contribution < 1.29 is 5.11 Å². The quantitative estimate of drug-likeness (QED) is 0.868. The molecule has 1 atom stereocenters. The molecule has 1 nitrogen and oxygen atoms in total. The topological polar surface area (TPSA) is 20.2 Å². The van der Waals surface area contributed by atoms with Gasteiger partial charge in [-0.25, -0.2) is 0 Å². The fourth-order valence-corrected chi connectivity index (χ4v) is 2.06. The molecule has 0 fully saturated rings. The maximum Gasteiger partial charge on any atom is 0.0787 e. The predicted molar refractivity (Wildman–Crippen MR) is 66.9 cm³/mol. The van der Waals surface area contributed by atoms with E-state index in [2.05, 4.69) is 34.1 Å². The lowest BCUT2D eigenvalue weighted by Crippen LogP contribution is -1.94. The first-order chi connectivity index (χ1) is 7.20. The minimum atomic E-state index is -0.349. The Bertz CT molecular complexity index is 479. The zero-order valence-electron chi connectivity index (χ0n) is 8.57. The second-order valence-corrected chi connectivity index (χ2v) is 4.59. The summed E-state index contributed by atoms with van der Waals surface area (Å²) in [7, 11) is 0. The number of halogens is 1. The first kappa shape index (κ1) is 10.7. The number of rotatable bonds is 2. The zero-order chi connectivity index (χ0) is 10.8. The van der Waals surface area contributed by atoms with Gasteiger partial charge in [0.25, 0.3) is 0 Å². The Morgan fingerprint density at radius 1 is 1.13 bits per heavy atom. The summed E-state index contributed by atoms with van der Waals surface area (Å²) in [6.45, 7) is 1.98. The van der Waals surface area contributed by atoms with Crippen molar-refractivity contribution in [3.8, 4) is 0 Å². The molecule has 2 aromatic rings. The molecule has 0 aliphatic rings. The molecule has 1 N–H and O–H groups in total. The lowest BCUT2D eigenvalue weighted by Gasteiger charge is -2.09. The molecule has 0 aliphatic carbocycles. The maximum absolute atomic E-state index is 9.73. The molecule has 0 saturated heterocycles. The molecule has 0 bridgehead atoms. The van der Waals surface area contributed by atoms with E-state index in [1.165, 1.54) is 10.8 Å².